The molecule has 0 amide bonds. The molecule has 0 aliphatic heterocycles. The number of benzene rings is 1. The molecule has 0 saturated carbocycles. The van der Waals surface area contributed by atoms with Crippen molar-refractivity contribution in [3.05, 3.63) is 49.3 Å². The number of methoxy groups -OCH3 is 1. The number of halogens is 1. The second-order valence-corrected chi connectivity index (χ2v) is 5.29. The highest BCUT2D eigenvalue weighted by Gasteiger charge is 2.09. The van der Waals surface area contributed by atoms with Crippen molar-refractivity contribution in [3.63, 3.8) is 0 Å². The van der Waals surface area contributed by atoms with Crippen LogP contribution in [0, 0.1) is 18.3 Å². The SMILES string of the molecule is COc1cc(/C=C/c2n[nH]c(=O)c(C#N)c2C)cc(Br)c1O. The maximum Gasteiger partial charge on any atom is 0.282 e. The number of phenols is 1. The van der Waals surface area contributed by atoms with Crippen LogP contribution < -0.4 is 10.3 Å². The van der Waals surface area contributed by atoms with Crippen LogP contribution in [0.2, 0.25) is 0 Å². The quantitative estimate of drug-likeness (QED) is 0.875. The summed E-state index contributed by atoms with van der Waals surface area (Å²) in [6.45, 7) is 1.66. The summed E-state index contributed by atoms with van der Waals surface area (Å²) in [7, 11) is 1.46. The van der Waals surface area contributed by atoms with E-state index in [4.69, 9.17) is 10.00 Å². The fourth-order valence-corrected chi connectivity index (χ4v) is 2.33. The van der Waals surface area contributed by atoms with Gasteiger partial charge >= 0.3 is 0 Å². The molecule has 0 aliphatic carbocycles. The molecule has 0 saturated heterocycles. The summed E-state index contributed by atoms with van der Waals surface area (Å²) >= 11 is 3.24. The minimum Gasteiger partial charge on any atom is -0.503 e. The lowest BCUT2D eigenvalue weighted by Gasteiger charge is -2.06. The van der Waals surface area contributed by atoms with Gasteiger partial charge in [-0.15, -0.1) is 0 Å². The zero-order valence-corrected chi connectivity index (χ0v) is 13.4. The molecule has 1 aromatic carbocycles. The number of ether oxygens (including phenoxy) is 1. The number of aromatic nitrogens is 2. The van der Waals surface area contributed by atoms with Crippen LogP contribution in [0.25, 0.3) is 12.2 Å². The highest BCUT2D eigenvalue weighted by molar-refractivity contribution is 9.10. The lowest BCUT2D eigenvalue weighted by Crippen LogP contribution is -2.15. The number of nitrogens with one attached hydrogen (secondary N) is 1. The molecular weight excluding hydrogens is 350 g/mol. The lowest BCUT2D eigenvalue weighted by atomic mass is 10.1. The van der Waals surface area contributed by atoms with E-state index in [0.717, 1.165) is 5.56 Å². The van der Waals surface area contributed by atoms with E-state index in [0.29, 0.717) is 21.5 Å². The second kappa shape index (κ2) is 6.45. The van der Waals surface area contributed by atoms with Crippen molar-refractivity contribution >= 4 is 28.1 Å². The molecule has 0 fully saturated rings. The first-order valence-corrected chi connectivity index (χ1v) is 7.01. The van der Waals surface area contributed by atoms with Gasteiger partial charge in [0.1, 0.15) is 11.6 Å². The number of H-pyrrole nitrogens is 1. The fraction of sp³-hybridized carbons (Fsp3) is 0.133. The van der Waals surface area contributed by atoms with Crippen molar-refractivity contribution in [3.8, 4) is 17.6 Å². The monoisotopic (exact) mass is 361 g/mol. The van der Waals surface area contributed by atoms with E-state index in [1.54, 1.807) is 31.2 Å². The van der Waals surface area contributed by atoms with Gasteiger partial charge in [-0.3, -0.25) is 4.79 Å². The van der Waals surface area contributed by atoms with Crippen molar-refractivity contribution in [2.45, 2.75) is 6.92 Å². The van der Waals surface area contributed by atoms with Crippen LogP contribution in [-0.4, -0.2) is 22.4 Å². The molecule has 7 heteroatoms. The third-order valence-corrected chi connectivity index (χ3v) is 3.68. The van der Waals surface area contributed by atoms with Gasteiger partial charge in [0.2, 0.25) is 0 Å². The second-order valence-electron chi connectivity index (χ2n) is 4.44. The van der Waals surface area contributed by atoms with Crippen LogP contribution >= 0.6 is 15.9 Å². The van der Waals surface area contributed by atoms with Crippen LogP contribution in [0.3, 0.4) is 0 Å². The summed E-state index contributed by atoms with van der Waals surface area (Å²) in [5, 5.41) is 24.9. The maximum absolute atomic E-state index is 11.4. The Hall–Kier alpha value is -2.59. The molecule has 1 heterocycles. The Bertz CT molecular complexity index is 850. The zero-order chi connectivity index (χ0) is 16.3. The first-order chi connectivity index (χ1) is 10.5. The first kappa shape index (κ1) is 15.8. The van der Waals surface area contributed by atoms with Crippen LogP contribution in [0.1, 0.15) is 22.4 Å². The number of nitriles is 1. The first-order valence-electron chi connectivity index (χ1n) is 6.22. The Morgan fingerprint density at radius 2 is 2.18 bits per heavy atom. The predicted octanol–water partition coefficient (Wildman–Crippen LogP) is 2.60. The van der Waals surface area contributed by atoms with E-state index in [-0.39, 0.29) is 11.3 Å². The van der Waals surface area contributed by atoms with Crippen LogP contribution in [0.5, 0.6) is 11.5 Å². The zero-order valence-electron chi connectivity index (χ0n) is 11.8. The van der Waals surface area contributed by atoms with Gasteiger partial charge in [-0.2, -0.15) is 10.4 Å². The predicted molar refractivity (Wildman–Crippen MR) is 85.6 cm³/mol. The molecule has 0 spiro atoms. The van der Waals surface area contributed by atoms with E-state index in [1.165, 1.54) is 7.11 Å². The number of nitrogens with zero attached hydrogens (tertiary/aromatic N) is 2. The summed E-state index contributed by atoms with van der Waals surface area (Å²) in [6.07, 6.45) is 3.41. The molecule has 112 valence electrons. The maximum atomic E-state index is 11.4. The Kier molecular flexibility index (Phi) is 4.63. The molecule has 0 atom stereocenters. The molecule has 0 unspecified atom stereocenters. The summed E-state index contributed by atoms with van der Waals surface area (Å²) in [4.78, 5) is 11.4. The minimum atomic E-state index is -0.508. The summed E-state index contributed by atoms with van der Waals surface area (Å²) in [5.74, 6) is 0.350. The van der Waals surface area contributed by atoms with Crippen LogP contribution in [-0.2, 0) is 0 Å². The summed E-state index contributed by atoms with van der Waals surface area (Å²) in [6, 6.07) is 5.22. The molecule has 2 N–H and O–H groups in total. The minimum absolute atomic E-state index is 0.0183. The van der Waals surface area contributed by atoms with Crippen molar-refractivity contribution in [2.24, 2.45) is 0 Å². The average molecular weight is 362 g/mol. The smallest absolute Gasteiger partial charge is 0.282 e. The van der Waals surface area contributed by atoms with Gasteiger partial charge in [0, 0.05) is 0 Å². The Balaban J connectivity index is 2.44. The van der Waals surface area contributed by atoms with E-state index in [1.807, 2.05) is 6.07 Å². The van der Waals surface area contributed by atoms with Gasteiger partial charge in [0.25, 0.3) is 5.56 Å². The highest BCUT2D eigenvalue weighted by atomic mass is 79.9. The van der Waals surface area contributed by atoms with E-state index in [2.05, 4.69) is 26.1 Å². The number of hydrogen-bond acceptors (Lipinski definition) is 5. The number of hydrogen-bond donors (Lipinski definition) is 2. The molecule has 0 radical (unpaired) electrons. The summed E-state index contributed by atoms with van der Waals surface area (Å²) < 4.78 is 5.57. The number of aromatic amines is 1. The molecule has 22 heavy (non-hydrogen) atoms. The highest BCUT2D eigenvalue weighted by Crippen LogP contribution is 2.35. The van der Waals surface area contributed by atoms with Gasteiger partial charge in [0.15, 0.2) is 11.5 Å². The van der Waals surface area contributed by atoms with Crippen LogP contribution in [0.4, 0.5) is 0 Å². The van der Waals surface area contributed by atoms with E-state index < -0.39 is 5.56 Å². The summed E-state index contributed by atoms with van der Waals surface area (Å²) in [5.41, 5.74) is 1.28. The van der Waals surface area contributed by atoms with E-state index in [9.17, 15) is 9.90 Å². The van der Waals surface area contributed by atoms with Crippen LogP contribution in [0.15, 0.2) is 21.4 Å². The standard InChI is InChI=1S/C15H12BrN3O3/c1-8-10(7-17)15(21)19-18-12(8)4-3-9-5-11(16)14(20)13(6-9)22-2/h3-6,20H,1-2H3,(H,19,21)/b4-3+. The largest absolute Gasteiger partial charge is 0.503 e. The van der Waals surface area contributed by atoms with Gasteiger partial charge in [-0.25, -0.2) is 5.10 Å². The van der Waals surface area contributed by atoms with Crippen molar-refractivity contribution in [1.82, 2.24) is 10.2 Å². The molecule has 0 aliphatic rings. The number of aromatic hydroxyl groups is 1. The van der Waals surface area contributed by atoms with Gasteiger partial charge in [0.05, 0.1) is 17.3 Å². The molecule has 1 aromatic heterocycles. The van der Waals surface area contributed by atoms with Crippen molar-refractivity contribution < 1.29 is 9.84 Å². The molecule has 0 bridgehead atoms. The van der Waals surface area contributed by atoms with Gasteiger partial charge in [-0.05, 0) is 52.2 Å². The molecular formula is C15H12BrN3O3. The topological polar surface area (TPSA) is 99.0 Å². The Morgan fingerprint density at radius 3 is 2.82 bits per heavy atom. The third kappa shape index (κ3) is 3.02. The molecule has 2 aromatic rings. The number of rotatable bonds is 3. The Morgan fingerprint density at radius 1 is 1.45 bits per heavy atom. The van der Waals surface area contributed by atoms with Crippen molar-refractivity contribution in [1.29, 1.82) is 5.26 Å². The average Bonchev–Trinajstić information content (AvgIpc) is 2.50. The number of phenolic OH excluding ortho intramolecular Hbond substituents is 1. The van der Waals surface area contributed by atoms with Gasteiger partial charge in [-0.1, -0.05) is 6.08 Å². The van der Waals surface area contributed by atoms with Crippen molar-refractivity contribution in [2.75, 3.05) is 7.11 Å². The Labute approximate surface area is 134 Å². The molecule has 2 rings (SSSR count). The fourth-order valence-electron chi connectivity index (χ4n) is 1.87. The lowest BCUT2D eigenvalue weighted by molar-refractivity contribution is 0.372. The molecule has 6 nitrogen and oxygen atoms in total. The van der Waals surface area contributed by atoms with Gasteiger partial charge < -0.3 is 9.84 Å². The van der Waals surface area contributed by atoms with E-state index >= 15 is 0 Å². The third-order valence-electron chi connectivity index (χ3n) is 3.08. The normalized spacial score (nSPS) is 10.6.